The lowest BCUT2D eigenvalue weighted by atomic mass is 9.90. The highest BCUT2D eigenvalue weighted by Crippen LogP contribution is 2.28. The molecule has 2 aliphatic rings. The Bertz CT molecular complexity index is 1360. The molecule has 1 saturated heterocycles. The molecule has 6 rings (SSSR count). The minimum atomic E-state index is 0.427. The molecule has 10 nitrogen and oxygen atoms in total. The van der Waals surface area contributed by atoms with Crippen molar-refractivity contribution in [3.05, 3.63) is 36.4 Å². The third-order valence-corrected chi connectivity index (χ3v) is 8.08. The number of methoxy groups -OCH3 is 1. The fourth-order valence-corrected chi connectivity index (χ4v) is 5.85. The third kappa shape index (κ3) is 4.93. The van der Waals surface area contributed by atoms with Gasteiger partial charge in [0.25, 0.3) is 0 Å². The topological polar surface area (TPSA) is 88.6 Å². The fourth-order valence-electron chi connectivity index (χ4n) is 5.85. The Labute approximate surface area is 217 Å². The molecule has 196 valence electrons. The number of anilines is 1. The van der Waals surface area contributed by atoms with Crippen LogP contribution in [0.3, 0.4) is 0 Å². The molecule has 0 radical (unpaired) electrons. The minimum absolute atomic E-state index is 0.427. The van der Waals surface area contributed by atoms with Crippen molar-refractivity contribution in [2.75, 3.05) is 52.3 Å². The van der Waals surface area contributed by atoms with Crippen LogP contribution in [0.5, 0.6) is 0 Å². The Balaban J connectivity index is 1.15. The molecule has 1 aliphatic heterocycles. The zero-order valence-electron chi connectivity index (χ0n) is 22.1. The molecule has 0 unspecified atom stereocenters. The molecule has 10 heteroatoms. The van der Waals surface area contributed by atoms with E-state index in [2.05, 4.69) is 42.8 Å². The number of hydrogen-bond acceptors (Lipinski definition) is 8. The van der Waals surface area contributed by atoms with Crippen LogP contribution in [0.15, 0.2) is 30.6 Å². The Hall–Kier alpha value is -3.08. The summed E-state index contributed by atoms with van der Waals surface area (Å²) in [6.45, 7) is 8.12. The van der Waals surface area contributed by atoms with Crippen LogP contribution in [0.4, 0.5) is 5.95 Å². The average Bonchev–Trinajstić information content (AvgIpc) is 3.47. The molecule has 4 aromatic heterocycles. The van der Waals surface area contributed by atoms with Crippen molar-refractivity contribution < 1.29 is 4.74 Å². The number of fused-ring (bicyclic) bond motifs is 2. The number of nitrogens with zero attached hydrogens (tertiary/aromatic N) is 8. The molecule has 2 fully saturated rings. The highest BCUT2D eigenvalue weighted by molar-refractivity contribution is 5.82. The highest BCUT2D eigenvalue weighted by atomic mass is 16.5. The highest BCUT2D eigenvalue weighted by Gasteiger charge is 2.28. The van der Waals surface area contributed by atoms with Gasteiger partial charge in [0.15, 0.2) is 5.65 Å². The molecule has 0 bridgehead atoms. The van der Waals surface area contributed by atoms with Gasteiger partial charge in [0, 0.05) is 63.7 Å². The number of pyridine rings is 1. The summed E-state index contributed by atoms with van der Waals surface area (Å²) in [5.41, 5.74) is 4.61. The third-order valence-electron chi connectivity index (χ3n) is 8.08. The predicted molar refractivity (Wildman–Crippen MR) is 145 cm³/mol. The summed E-state index contributed by atoms with van der Waals surface area (Å²) >= 11 is 0. The molecule has 0 spiro atoms. The summed E-state index contributed by atoms with van der Waals surface area (Å²) in [6.07, 6.45) is 8.70. The molecular formula is C27H37N9O. The second-order valence-corrected chi connectivity index (χ2v) is 10.5. The maximum absolute atomic E-state index is 5.28. The number of imidazole rings is 1. The average molecular weight is 504 g/mol. The number of aryl methyl sites for hydroxylation is 1. The maximum Gasteiger partial charge on any atom is 0.241 e. The quantitative estimate of drug-likeness (QED) is 0.412. The molecule has 0 amide bonds. The van der Waals surface area contributed by atoms with Crippen molar-refractivity contribution in [1.82, 2.24) is 38.9 Å². The van der Waals surface area contributed by atoms with E-state index in [9.17, 15) is 0 Å². The van der Waals surface area contributed by atoms with Gasteiger partial charge in [-0.25, -0.2) is 19.5 Å². The molecule has 1 saturated carbocycles. The van der Waals surface area contributed by atoms with Gasteiger partial charge in [0.05, 0.1) is 24.0 Å². The minimum Gasteiger partial charge on any atom is -0.383 e. The lowest BCUT2D eigenvalue weighted by Gasteiger charge is -2.41. The first kappa shape index (κ1) is 24.3. The van der Waals surface area contributed by atoms with Gasteiger partial charge < -0.3 is 19.5 Å². The Morgan fingerprint density at radius 1 is 1.03 bits per heavy atom. The number of likely N-dealkylation sites (N-methyl/N-ethyl adjacent to an activating group) is 1. The number of hydrogen-bond donors (Lipinski definition) is 1. The van der Waals surface area contributed by atoms with Gasteiger partial charge >= 0.3 is 0 Å². The largest absolute Gasteiger partial charge is 0.383 e. The Kier molecular flexibility index (Phi) is 6.79. The van der Waals surface area contributed by atoms with Crippen LogP contribution >= 0.6 is 0 Å². The van der Waals surface area contributed by atoms with E-state index in [1.165, 1.54) is 39.0 Å². The standard InChI is InChI=1S/C27H37N9O/c1-19-29-24-9-8-23(31-26(24)35(19)16-17-37-3)22-10-11-36-25(22)18-28-27(32-36)30-20-4-6-21(7-5-20)34-14-12-33(2)13-15-34/h8-11,18,20-21H,4-7,12-17H2,1-3H3,(H,30,32). The van der Waals surface area contributed by atoms with Crippen LogP contribution < -0.4 is 5.32 Å². The summed E-state index contributed by atoms with van der Waals surface area (Å²) in [6, 6.07) is 7.27. The summed E-state index contributed by atoms with van der Waals surface area (Å²) in [5, 5.41) is 8.37. The summed E-state index contributed by atoms with van der Waals surface area (Å²) < 4.78 is 9.29. The zero-order valence-corrected chi connectivity index (χ0v) is 22.1. The van der Waals surface area contributed by atoms with Crippen molar-refractivity contribution in [3.8, 4) is 11.3 Å². The number of ether oxygens (including phenoxy) is 1. The van der Waals surface area contributed by atoms with E-state index < -0.39 is 0 Å². The monoisotopic (exact) mass is 503 g/mol. The first-order valence-electron chi connectivity index (χ1n) is 13.5. The van der Waals surface area contributed by atoms with Crippen LogP contribution in [-0.2, 0) is 11.3 Å². The van der Waals surface area contributed by atoms with Gasteiger partial charge in [-0.15, -0.1) is 5.10 Å². The van der Waals surface area contributed by atoms with Crippen LogP contribution in [0.1, 0.15) is 31.5 Å². The van der Waals surface area contributed by atoms with Gasteiger partial charge in [0.1, 0.15) is 11.3 Å². The van der Waals surface area contributed by atoms with E-state index in [1.54, 1.807) is 7.11 Å². The van der Waals surface area contributed by atoms with E-state index >= 15 is 0 Å². The molecule has 1 aliphatic carbocycles. The van der Waals surface area contributed by atoms with Gasteiger partial charge in [-0.2, -0.15) is 0 Å². The maximum atomic E-state index is 5.28. The fraction of sp³-hybridized carbons (Fsp3) is 0.556. The van der Waals surface area contributed by atoms with Crippen molar-refractivity contribution in [2.24, 2.45) is 0 Å². The van der Waals surface area contributed by atoms with Crippen molar-refractivity contribution in [2.45, 2.75) is 51.2 Å². The Morgan fingerprint density at radius 3 is 2.62 bits per heavy atom. The van der Waals surface area contributed by atoms with Gasteiger partial charge in [0.2, 0.25) is 5.95 Å². The predicted octanol–water partition coefficient (Wildman–Crippen LogP) is 3.07. The first-order valence-corrected chi connectivity index (χ1v) is 13.5. The van der Waals surface area contributed by atoms with Crippen LogP contribution in [0.25, 0.3) is 27.9 Å². The van der Waals surface area contributed by atoms with Crippen LogP contribution in [-0.4, -0.2) is 98.0 Å². The number of rotatable bonds is 7. The molecule has 4 aromatic rings. The smallest absolute Gasteiger partial charge is 0.241 e. The normalized spacial score (nSPS) is 21.7. The lowest BCUT2D eigenvalue weighted by Crippen LogP contribution is -2.50. The van der Waals surface area contributed by atoms with Gasteiger partial charge in [-0.3, -0.25) is 4.90 Å². The second kappa shape index (κ2) is 10.4. The Morgan fingerprint density at radius 2 is 1.84 bits per heavy atom. The SMILES string of the molecule is COCCn1c(C)nc2ccc(-c3ccn4nc(NC5CCC(N6CCN(C)CC6)CC5)ncc34)nc21. The van der Waals surface area contributed by atoms with Crippen LogP contribution in [0, 0.1) is 6.92 Å². The molecule has 0 aromatic carbocycles. The zero-order chi connectivity index (χ0) is 25.4. The van der Waals surface area contributed by atoms with Crippen molar-refractivity contribution >= 4 is 22.6 Å². The van der Waals surface area contributed by atoms with E-state index in [1.807, 2.05) is 36.0 Å². The van der Waals surface area contributed by atoms with E-state index in [0.29, 0.717) is 18.6 Å². The molecule has 1 N–H and O–H groups in total. The summed E-state index contributed by atoms with van der Waals surface area (Å²) in [5.74, 6) is 1.63. The number of piperazine rings is 1. The number of nitrogens with one attached hydrogen (secondary N) is 1. The second-order valence-electron chi connectivity index (χ2n) is 10.5. The first-order chi connectivity index (χ1) is 18.1. The molecule has 0 atom stereocenters. The van der Waals surface area contributed by atoms with E-state index in [4.69, 9.17) is 14.8 Å². The van der Waals surface area contributed by atoms with E-state index in [0.717, 1.165) is 59.2 Å². The van der Waals surface area contributed by atoms with Crippen molar-refractivity contribution in [3.63, 3.8) is 0 Å². The summed E-state index contributed by atoms with van der Waals surface area (Å²) in [4.78, 5) is 19.4. The number of aromatic nitrogens is 6. The summed E-state index contributed by atoms with van der Waals surface area (Å²) in [7, 11) is 3.93. The van der Waals surface area contributed by atoms with Gasteiger partial charge in [-0.1, -0.05) is 0 Å². The van der Waals surface area contributed by atoms with Gasteiger partial charge in [-0.05, 0) is 57.9 Å². The lowest BCUT2D eigenvalue weighted by molar-refractivity contribution is 0.0893. The van der Waals surface area contributed by atoms with Crippen LogP contribution in [0.2, 0.25) is 0 Å². The molecular weight excluding hydrogens is 466 g/mol. The molecule has 37 heavy (non-hydrogen) atoms. The van der Waals surface area contributed by atoms with Crippen molar-refractivity contribution in [1.29, 1.82) is 0 Å². The van der Waals surface area contributed by atoms with E-state index in [-0.39, 0.29) is 0 Å². The molecule has 5 heterocycles.